The Morgan fingerprint density at radius 2 is 1.50 bits per heavy atom. The number of carbonyl (C=O) groups is 3. The number of nitrogens with one attached hydrogen (secondary N) is 3. The molecule has 9 nitrogen and oxygen atoms in total. The third kappa shape index (κ3) is 3.71. The number of methoxy groups -OCH3 is 1. The number of ether oxygens (including phenoxy) is 1. The first kappa shape index (κ1) is 19.1. The highest BCUT2D eigenvalue weighted by Gasteiger charge is 2.33. The molecule has 2 aromatic rings. The molecule has 0 saturated heterocycles. The highest BCUT2D eigenvalue weighted by molar-refractivity contribution is 7.90. The Morgan fingerprint density at radius 1 is 0.929 bits per heavy atom. The van der Waals surface area contributed by atoms with Crippen molar-refractivity contribution in [1.29, 1.82) is 0 Å². The molecule has 28 heavy (non-hydrogen) atoms. The fourth-order valence-corrected chi connectivity index (χ4v) is 3.47. The molecule has 0 radical (unpaired) electrons. The fraction of sp³-hybridized carbons (Fsp3) is 0.0556. The molecular weight excluding hydrogens is 386 g/mol. The molecule has 0 fully saturated rings. The van der Waals surface area contributed by atoms with E-state index < -0.39 is 39.1 Å². The Kier molecular flexibility index (Phi) is 5.14. The Balaban J connectivity index is 2.01. The van der Waals surface area contributed by atoms with Crippen LogP contribution in [-0.2, 0) is 29.1 Å². The summed E-state index contributed by atoms with van der Waals surface area (Å²) in [6, 6.07) is 13.7. The Morgan fingerprint density at radius 3 is 2.11 bits per heavy atom. The van der Waals surface area contributed by atoms with Gasteiger partial charge >= 0.3 is 5.97 Å². The maximum absolute atomic E-state index is 12.6. The molecule has 1 heterocycles. The lowest BCUT2D eigenvalue weighted by Gasteiger charge is -2.22. The molecule has 3 rings (SSSR count). The molecule has 0 aliphatic carbocycles. The first-order valence-corrected chi connectivity index (χ1v) is 9.44. The van der Waals surface area contributed by atoms with Gasteiger partial charge in [-0.25, -0.2) is 17.9 Å². The van der Waals surface area contributed by atoms with E-state index >= 15 is 0 Å². The summed E-state index contributed by atoms with van der Waals surface area (Å²) in [6.45, 7) is 0. The minimum Gasteiger partial charge on any atom is -0.465 e. The van der Waals surface area contributed by atoms with Gasteiger partial charge < -0.3 is 15.4 Å². The number of amides is 2. The van der Waals surface area contributed by atoms with E-state index in [-0.39, 0.29) is 4.90 Å². The summed E-state index contributed by atoms with van der Waals surface area (Å²) >= 11 is 0. The van der Waals surface area contributed by atoms with E-state index in [1.807, 2.05) is 0 Å². The smallest absolute Gasteiger partial charge is 0.345 e. The van der Waals surface area contributed by atoms with Gasteiger partial charge in [0.2, 0.25) is 0 Å². The van der Waals surface area contributed by atoms with Crippen molar-refractivity contribution < 1.29 is 27.5 Å². The number of fused-ring (bicyclic) bond motifs is 1. The summed E-state index contributed by atoms with van der Waals surface area (Å²) in [5.41, 5.74) is -0.324. The predicted octanol–water partition coefficient (Wildman–Crippen LogP) is 0.983. The molecule has 3 N–H and O–H groups in total. The third-order valence-electron chi connectivity index (χ3n) is 3.81. The molecule has 10 heteroatoms. The summed E-state index contributed by atoms with van der Waals surface area (Å²) < 4.78 is 31.1. The first-order valence-electron chi connectivity index (χ1n) is 7.95. The van der Waals surface area contributed by atoms with Gasteiger partial charge in [-0.05, 0) is 24.3 Å². The van der Waals surface area contributed by atoms with Crippen LogP contribution in [0.15, 0.2) is 70.8 Å². The maximum Gasteiger partial charge on any atom is 0.345 e. The fourth-order valence-electron chi connectivity index (χ4n) is 2.50. The average molecular weight is 401 g/mol. The number of sulfonamides is 1. The highest BCUT2D eigenvalue weighted by atomic mass is 32.2. The number of anilines is 2. The number of benzene rings is 2. The van der Waals surface area contributed by atoms with Gasteiger partial charge in [-0.1, -0.05) is 30.3 Å². The van der Waals surface area contributed by atoms with Gasteiger partial charge in [0.25, 0.3) is 21.8 Å². The molecule has 1 aliphatic rings. The molecule has 0 bridgehead atoms. The normalized spacial score (nSPS) is 14.8. The quantitative estimate of drug-likeness (QED) is 0.301. The van der Waals surface area contributed by atoms with E-state index in [2.05, 4.69) is 15.4 Å². The summed E-state index contributed by atoms with van der Waals surface area (Å²) in [4.78, 5) is 37.0. The minimum absolute atomic E-state index is 0.177. The van der Waals surface area contributed by atoms with Crippen molar-refractivity contribution >= 4 is 39.2 Å². The monoisotopic (exact) mass is 401 g/mol. The van der Waals surface area contributed by atoms with Gasteiger partial charge in [-0.2, -0.15) is 0 Å². The van der Waals surface area contributed by atoms with Crippen molar-refractivity contribution in [3.8, 4) is 0 Å². The Bertz CT molecular complexity index is 1090. The van der Waals surface area contributed by atoms with Crippen LogP contribution in [0.2, 0.25) is 0 Å². The van der Waals surface area contributed by atoms with Crippen molar-refractivity contribution in [2.75, 3.05) is 17.7 Å². The number of hydrogen-bond acceptors (Lipinski definition) is 7. The second kappa shape index (κ2) is 7.53. The maximum atomic E-state index is 12.6. The van der Waals surface area contributed by atoms with Crippen LogP contribution >= 0.6 is 0 Å². The molecule has 2 aromatic carbocycles. The van der Waals surface area contributed by atoms with E-state index in [9.17, 15) is 22.8 Å². The van der Waals surface area contributed by atoms with Crippen LogP contribution < -0.4 is 15.4 Å². The second-order valence-corrected chi connectivity index (χ2v) is 7.30. The number of esters is 1. The van der Waals surface area contributed by atoms with E-state index in [0.717, 1.165) is 7.11 Å². The SMILES string of the molecule is COC(=O)/C(C(=O)NS(=O)(=O)c1ccccc1)=C1/Nc2ccccc2NC1=O. The van der Waals surface area contributed by atoms with Gasteiger partial charge in [-0.15, -0.1) is 0 Å². The van der Waals surface area contributed by atoms with Crippen LogP contribution in [0, 0.1) is 0 Å². The molecule has 0 saturated carbocycles. The zero-order valence-electron chi connectivity index (χ0n) is 14.6. The van der Waals surface area contributed by atoms with Gasteiger partial charge in [0, 0.05) is 0 Å². The van der Waals surface area contributed by atoms with E-state index in [1.54, 1.807) is 35.1 Å². The molecule has 2 amide bonds. The molecule has 144 valence electrons. The van der Waals surface area contributed by atoms with Crippen LogP contribution in [0.3, 0.4) is 0 Å². The standard InChI is InChI=1S/C18H15N3O6S/c1-27-18(24)14(15-17(23)20-13-10-6-5-9-12(13)19-15)16(22)21-28(25,26)11-7-3-2-4-8-11/h2-10,19H,1H3,(H,20,23)(H,21,22)/b15-14+. The summed E-state index contributed by atoms with van der Waals surface area (Å²) in [5.74, 6) is -3.25. The lowest BCUT2D eigenvalue weighted by atomic mass is 10.1. The van der Waals surface area contributed by atoms with Crippen LogP contribution in [0.5, 0.6) is 0 Å². The van der Waals surface area contributed by atoms with Crippen molar-refractivity contribution in [3.63, 3.8) is 0 Å². The highest BCUT2D eigenvalue weighted by Crippen LogP contribution is 2.28. The van der Waals surface area contributed by atoms with Gasteiger partial charge in [0.05, 0.1) is 23.4 Å². The third-order valence-corrected chi connectivity index (χ3v) is 5.16. The van der Waals surface area contributed by atoms with Gasteiger partial charge in [-0.3, -0.25) is 9.59 Å². The molecule has 1 aliphatic heterocycles. The van der Waals surface area contributed by atoms with E-state index in [4.69, 9.17) is 0 Å². The van der Waals surface area contributed by atoms with Crippen molar-refractivity contribution in [3.05, 3.63) is 65.9 Å². The van der Waals surface area contributed by atoms with Crippen LogP contribution in [-0.4, -0.2) is 33.3 Å². The zero-order valence-corrected chi connectivity index (χ0v) is 15.4. The lowest BCUT2D eigenvalue weighted by Crippen LogP contribution is -2.38. The minimum atomic E-state index is -4.26. The number of hydrogen-bond donors (Lipinski definition) is 3. The summed E-state index contributed by atoms with van der Waals surface area (Å²) in [5, 5.41) is 5.20. The Labute approximate surface area is 160 Å². The zero-order chi connectivity index (χ0) is 20.3. The van der Waals surface area contributed by atoms with E-state index in [1.165, 1.54) is 24.3 Å². The average Bonchev–Trinajstić information content (AvgIpc) is 2.68. The molecular formula is C18H15N3O6S. The first-order chi connectivity index (χ1) is 13.3. The van der Waals surface area contributed by atoms with Gasteiger partial charge in [0.15, 0.2) is 5.57 Å². The molecule has 0 unspecified atom stereocenters. The van der Waals surface area contributed by atoms with Crippen molar-refractivity contribution in [2.24, 2.45) is 0 Å². The molecule has 0 spiro atoms. The van der Waals surface area contributed by atoms with Crippen molar-refractivity contribution in [1.82, 2.24) is 4.72 Å². The van der Waals surface area contributed by atoms with Crippen LogP contribution in [0.1, 0.15) is 0 Å². The van der Waals surface area contributed by atoms with Crippen LogP contribution in [0.4, 0.5) is 11.4 Å². The number of rotatable bonds is 4. The summed E-state index contributed by atoms with van der Waals surface area (Å²) in [6.07, 6.45) is 0. The van der Waals surface area contributed by atoms with Gasteiger partial charge in [0.1, 0.15) is 5.70 Å². The lowest BCUT2D eigenvalue weighted by molar-refractivity contribution is -0.138. The predicted molar refractivity (Wildman–Crippen MR) is 99.5 cm³/mol. The van der Waals surface area contributed by atoms with Crippen molar-refractivity contribution in [2.45, 2.75) is 4.90 Å². The molecule has 0 atom stereocenters. The number of para-hydroxylation sites is 2. The summed E-state index contributed by atoms with van der Waals surface area (Å²) in [7, 11) is -3.25. The largest absolute Gasteiger partial charge is 0.465 e. The van der Waals surface area contributed by atoms with E-state index in [0.29, 0.717) is 11.4 Å². The number of carbonyl (C=O) groups excluding carboxylic acids is 3. The molecule has 0 aromatic heterocycles. The Hall–Kier alpha value is -3.66. The topological polar surface area (TPSA) is 131 Å². The van der Waals surface area contributed by atoms with Crippen LogP contribution in [0.25, 0.3) is 0 Å². The second-order valence-electron chi connectivity index (χ2n) is 5.61.